The largest absolute Gasteiger partial charge is 0.305 e. The van der Waals surface area contributed by atoms with Crippen LogP contribution in [0.15, 0.2) is 36.4 Å². The number of anilines is 1. The van der Waals surface area contributed by atoms with Gasteiger partial charge in [0, 0.05) is 10.6 Å². The Kier molecular flexibility index (Phi) is 3.56. The number of aromatic nitrogens is 2. The molecule has 17 heavy (non-hydrogen) atoms. The lowest BCUT2D eigenvalue weighted by Gasteiger charge is -2.03. The molecule has 1 N–H and O–H groups in total. The van der Waals surface area contributed by atoms with Gasteiger partial charge >= 0.3 is 0 Å². The fourth-order valence-corrected chi connectivity index (χ4v) is 1.49. The van der Waals surface area contributed by atoms with Gasteiger partial charge in [0.2, 0.25) is 0 Å². The minimum Gasteiger partial charge on any atom is -0.305 e. The van der Waals surface area contributed by atoms with Crippen molar-refractivity contribution in [2.75, 3.05) is 5.32 Å². The zero-order valence-corrected chi connectivity index (χ0v) is 10.0. The van der Waals surface area contributed by atoms with Crippen LogP contribution in [-0.4, -0.2) is 16.1 Å². The highest BCUT2D eigenvalue weighted by Crippen LogP contribution is 2.12. The van der Waals surface area contributed by atoms with Crippen molar-refractivity contribution in [1.82, 2.24) is 10.2 Å². The van der Waals surface area contributed by atoms with Crippen LogP contribution in [0.2, 0.25) is 10.2 Å². The van der Waals surface area contributed by atoms with Gasteiger partial charge < -0.3 is 5.32 Å². The van der Waals surface area contributed by atoms with E-state index in [9.17, 15) is 4.79 Å². The second-order valence-corrected chi connectivity index (χ2v) is 4.03. The number of amides is 1. The van der Waals surface area contributed by atoms with Crippen molar-refractivity contribution in [2.24, 2.45) is 0 Å². The molecule has 0 saturated carbocycles. The van der Waals surface area contributed by atoms with E-state index < -0.39 is 0 Å². The third-order valence-electron chi connectivity index (χ3n) is 1.96. The lowest BCUT2D eigenvalue weighted by atomic mass is 10.2. The number of benzene rings is 1. The third kappa shape index (κ3) is 3.15. The monoisotopic (exact) mass is 267 g/mol. The summed E-state index contributed by atoms with van der Waals surface area (Å²) in [5.74, 6) is 0.0310. The average Bonchev–Trinajstić information content (AvgIpc) is 2.32. The molecule has 1 heterocycles. The predicted octanol–water partition coefficient (Wildman–Crippen LogP) is 3.04. The maximum atomic E-state index is 11.8. The summed E-state index contributed by atoms with van der Waals surface area (Å²) < 4.78 is 0. The number of nitrogens with one attached hydrogen (secondary N) is 1. The first-order valence-electron chi connectivity index (χ1n) is 4.71. The number of rotatable bonds is 2. The summed E-state index contributed by atoms with van der Waals surface area (Å²) in [5.41, 5.74) is 0.453. The molecule has 0 saturated heterocycles. The fourth-order valence-electron chi connectivity index (χ4n) is 1.20. The Morgan fingerprint density at radius 3 is 2.59 bits per heavy atom. The van der Waals surface area contributed by atoms with Crippen LogP contribution < -0.4 is 5.32 Å². The molecule has 4 nitrogen and oxygen atoms in total. The lowest BCUT2D eigenvalue weighted by molar-refractivity contribution is 0.102. The van der Waals surface area contributed by atoms with E-state index in [2.05, 4.69) is 15.5 Å². The molecule has 1 amide bonds. The predicted molar refractivity (Wildman–Crippen MR) is 66.4 cm³/mol. The van der Waals surface area contributed by atoms with E-state index in [0.717, 1.165) is 0 Å². The van der Waals surface area contributed by atoms with Crippen LogP contribution in [0.4, 0.5) is 5.82 Å². The molecular weight excluding hydrogens is 261 g/mol. The van der Waals surface area contributed by atoms with Gasteiger partial charge in [0.05, 0.1) is 0 Å². The minimum absolute atomic E-state index is 0.269. The molecule has 0 bridgehead atoms. The van der Waals surface area contributed by atoms with Gasteiger partial charge in [0.1, 0.15) is 0 Å². The Balaban J connectivity index is 2.14. The molecule has 2 rings (SSSR count). The molecule has 1 aromatic carbocycles. The van der Waals surface area contributed by atoms with Crippen molar-refractivity contribution in [3.8, 4) is 0 Å². The topological polar surface area (TPSA) is 54.9 Å². The normalized spacial score (nSPS) is 10.0. The SMILES string of the molecule is O=C(Nc1ccc(Cl)nn1)c1cccc(Cl)c1. The summed E-state index contributed by atoms with van der Waals surface area (Å²) in [6.07, 6.45) is 0. The number of nitrogens with zero attached hydrogens (tertiary/aromatic N) is 2. The van der Waals surface area contributed by atoms with Gasteiger partial charge in [-0.1, -0.05) is 29.3 Å². The van der Waals surface area contributed by atoms with Gasteiger partial charge in [-0.2, -0.15) is 0 Å². The van der Waals surface area contributed by atoms with Crippen LogP contribution in [0.3, 0.4) is 0 Å². The molecule has 0 aliphatic heterocycles. The smallest absolute Gasteiger partial charge is 0.256 e. The molecule has 6 heteroatoms. The van der Waals surface area contributed by atoms with Gasteiger partial charge in [-0.15, -0.1) is 10.2 Å². The van der Waals surface area contributed by atoms with Crippen molar-refractivity contribution in [3.63, 3.8) is 0 Å². The minimum atomic E-state index is -0.302. The first-order chi connectivity index (χ1) is 8.15. The van der Waals surface area contributed by atoms with Gasteiger partial charge in [-0.05, 0) is 30.3 Å². The van der Waals surface area contributed by atoms with Gasteiger partial charge in [0.25, 0.3) is 5.91 Å². The van der Waals surface area contributed by atoms with Crippen LogP contribution in [0.1, 0.15) is 10.4 Å². The van der Waals surface area contributed by atoms with Crippen molar-refractivity contribution in [2.45, 2.75) is 0 Å². The Morgan fingerprint density at radius 2 is 1.94 bits per heavy atom. The molecule has 0 unspecified atom stereocenters. The third-order valence-corrected chi connectivity index (χ3v) is 2.40. The van der Waals surface area contributed by atoms with Gasteiger partial charge in [0.15, 0.2) is 11.0 Å². The molecule has 0 radical (unpaired) electrons. The van der Waals surface area contributed by atoms with Crippen LogP contribution in [0, 0.1) is 0 Å². The lowest BCUT2D eigenvalue weighted by Crippen LogP contribution is -2.13. The van der Waals surface area contributed by atoms with Crippen molar-refractivity contribution in [1.29, 1.82) is 0 Å². The number of halogens is 2. The molecule has 0 aliphatic carbocycles. The first kappa shape index (κ1) is 11.8. The van der Waals surface area contributed by atoms with E-state index in [1.807, 2.05) is 0 Å². The average molecular weight is 268 g/mol. The number of hydrogen-bond donors (Lipinski definition) is 1. The van der Waals surface area contributed by atoms with Crippen molar-refractivity contribution < 1.29 is 4.79 Å². The van der Waals surface area contributed by atoms with E-state index in [1.165, 1.54) is 0 Å². The highest BCUT2D eigenvalue weighted by atomic mass is 35.5. The molecular formula is C11H7Cl2N3O. The van der Waals surface area contributed by atoms with E-state index in [1.54, 1.807) is 36.4 Å². The van der Waals surface area contributed by atoms with Gasteiger partial charge in [-0.25, -0.2) is 0 Å². The van der Waals surface area contributed by atoms with Crippen molar-refractivity contribution >= 4 is 34.9 Å². The molecule has 0 fully saturated rings. The number of carbonyl (C=O) groups is 1. The number of carbonyl (C=O) groups excluding carboxylic acids is 1. The Labute approximate surface area is 108 Å². The molecule has 1 aromatic heterocycles. The zero-order chi connectivity index (χ0) is 12.3. The zero-order valence-electron chi connectivity index (χ0n) is 8.52. The summed E-state index contributed by atoms with van der Waals surface area (Å²) in [5, 5.41) is 10.7. The summed E-state index contributed by atoms with van der Waals surface area (Å²) in [7, 11) is 0. The second-order valence-electron chi connectivity index (χ2n) is 3.21. The highest BCUT2D eigenvalue weighted by Gasteiger charge is 2.07. The Hall–Kier alpha value is -1.65. The van der Waals surface area contributed by atoms with Crippen LogP contribution in [0.25, 0.3) is 0 Å². The highest BCUT2D eigenvalue weighted by molar-refractivity contribution is 6.31. The summed E-state index contributed by atoms with van der Waals surface area (Å²) >= 11 is 11.4. The summed E-state index contributed by atoms with van der Waals surface area (Å²) in [6.45, 7) is 0. The molecule has 0 atom stereocenters. The summed E-state index contributed by atoms with van der Waals surface area (Å²) in [4.78, 5) is 11.8. The fraction of sp³-hybridized carbons (Fsp3) is 0. The van der Waals surface area contributed by atoms with Gasteiger partial charge in [-0.3, -0.25) is 4.79 Å². The van der Waals surface area contributed by atoms with Crippen LogP contribution in [0.5, 0.6) is 0 Å². The maximum absolute atomic E-state index is 11.8. The number of hydrogen-bond acceptors (Lipinski definition) is 3. The standard InChI is InChI=1S/C11H7Cl2N3O/c12-8-3-1-2-7(6-8)11(17)14-10-5-4-9(13)15-16-10/h1-6H,(H,14,16,17). The Morgan fingerprint density at radius 1 is 1.12 bits per heavy atom. The maximum Gasteiger partial charge on any atom is 0.256 e. The second kappa shape index (κ2) is 5.12. The molecule has 0 aliphatic rings. The Bertz CT molecular complexity index is 543. The quantitative estimate of drug-likeness (QED) is 0.910. The van der Waals surface area contributed by atoms with E-state index >= 15 is 0 Å². The van der Waals surface area contributed by atoms with Crippen LogP contribution >= 0.6 is 23.2 Å². The van der Waals surface area contributed by atoms with Crippen LogP contribution in [-0.2, 0) is 0 Å². The van der Waals surface area contributed by atoms with E-state index in [0.29, 0.717) is 16.4 Å². The molecule has 2 aromatic rings. The molecule has 86 valence electrons. The first-order valence-corrected chi connectivity index (χ1v) is 5.47. The van der Waals surface area contributed by atoms with E-state index in [4.69, 9.17) is 23.2 Å². The molecule has 0 spiro atoms. The van der Waals surface area contributed by atoms with E-state index in [-0.39, 0.29) is 11.1 Å². The van der Waals surface area contributed by atoms with Crippen molar-refractivity contribution in [3.05, 3.63) is 52.1 Å². The summed E-state index contributed by atoms with van der Waals surface area (Å²) in [6, 6.07) is 9.73.